The monoisotopic (exact) mass is 124 g/mol. The van der Waals surface area contributed by atoms with E-state index in [-0.39, 0.29) is 0 Å². The standard InChI is InChI=1S/C4H12S2/c1-4-6(2,3)5/h6H,4H2,1-3H3. The van der Waals surface area contributed by atoms with Gasteiger partial charge in [0.15, 0.2) is 0 Å². The Balaban J connectivity index is 3.48. The van der Waals surface area contributed by atoms with Gasteiger partial charge in [0.2, 0.25) is 0 Å². The fourth-order valence-electron chi connectivity index (χ4n) is 0. The summed E-state index contributed by atoms with van der Waals surface area (Å²) in [6.45, 7) is 2.15. The van der Waals surface area contributed by atoms with Gasteiger partial charge >= 0.3 is 0 Å². The number of thiol groups is 1. The Kier molecular flexibility index (Phi) is 2.22. The summed E-state index contributed by atoms with van der Waals surface area (Å²) in [6.07, 6.45) is 4.34. The summed E-state index contributed by atoms with van der Waals surface area (Å²) in [5.41, 5.74) is 0. The van der Waals surface area contributed by atoms with Gasteiger partial charge in [0.05, 0.1) is 0 Å². The van der Waals surface area contributed by atoms with Crippen molar-refractivity contribution in [2.24, 2.45) is 0 Å². The van der Waals surface area contributed by atoms with Gasteiger partial charge in [-0.2, -0.15) is 0 Å². The van der Waals surface area contributed by atoms with E-state index >= 15 is 0 Å². The van der Waals surface area contributed by atoms with Crippen LogP contribution in [0.5, 0.6) is 0 Å². The second-order valence-corrected chi connectivity index (χ2v) is 8.64. The van der Waals surface area contributed by atoms with Gasteiger partial charge in [-0.3, -0.25) is 0 Å². The van der Waals surface area contributed by atoms with Crippen molar-refractivity contribution in [3.63, 3.8) is 0 Å². The fourth-order valence-corrected chi connectivity index (χ4v) is 0. The van der Waals surface area contributed by atoms with Crippen LogP contribution >= 0.6 is 0 Å². The molecule has 0 amide bonds. The topological polar surface area (TPSA) is 0 Å². The molecule has 0 nitrogen and oxygen atoms in total. The maximum Gasteiger partial charge on any atom is -0.0233 e. The summed E-state index contributed by atoms with van der Waals surface area (Å²) in [4.78, 5) is 0. The van der Waals surface area contributed by atoms with Crippen LogP contribution in [0, 0.1) is 0 Å². The van der Waals surface area contributed by atoms with Crippen molar-refractivity contribution in [2.75, 3.05) is 18.3 Å². The van der Waals surface area contributed by atoms with Crippen molar-refractivity contribution >= 4 is 19.8 Å². The third kappa shape index (κ3) is 4.57. The third-order valence-electron chi connectivity index (χ3n) is 0.762. The lowest BCUT2D eigenvalue weighted by atomic mass is 11.0. The molecule has 0 rings (SSSR count). The Labute approximate surface area is 45.5 Å². The van der Waals surface area contributed by atoms with Crippen molar-refractivity contribution in [2.45, 2.75) is 6.92 Å². The average Bonchev–Trinajstić information content (AvgIpc) is 1.35. The Morgan fingerprint density at radius 2 is 1.67 bits per heavy atom. The van der Waals surface area contributed by atoms with Crippen LogP contribution in [-0.2, 0) is 19.8 Å². The molecule has 0 N–H and O–H groups in total. The molecule has 0 saturated heterocycles. The molecule has 0 aliphatic rings. The molecule has 40 valence electrons. The van der Waals surface area contributed by atoms with Crippen LogP contribution in [-0.4, -0.2) is 18.3 Å². The molecular formula is C4H12S2. The second kappa shape index (κ2) is 2.03. The first kappa shape index (κ1) is 6.57. The average molecular weight is 124 g/mol. The Morgan fingerprint density at radius 3 is 1.67 bits per heavy atom. The third-order valence-corrected chi connectivity index (χ3v) is 3.06. The molecule has 0 aromatic carbocycles. The van der Waals surface area contributed by atoms with Crippen LogP contribution in [0.1, 0.15) is 6.92 Å². The fraction of sp³-hybridized carbons (Fsp3) is 1.00. The number of hydrogen-bond donors (Lipinski definition) is 1. The molecule has 0 aliphatic carbocycles. The normalized spacial score (nSPS) is 14.5. The second-order valence-electron chi connectivity index (χ2n) is 1.89. The molecule has 2 heteroatoms. The van der Waals surface area contributed by atoms with Gasteiger partial charge in [-0.15, -0.1) is 0 Å². The summed E-state index contributed by atoms with van der Waals surface area (Å²) in [5.74, 6) is 1.20. The van der Waals surface area contributed by atoms with E-state index in [2.05, 4.69) is 19.4 Å². The number of hydrogen-bond acceptors (Lipinski definition) is 1. The SMILES string of the molecule is CC[SH](C)(C)=S. The Bertz CT molecular complexity index is 69.6. The van der Waals surface area contributed by atoms with E-state index in [1.165, 1.54) is 5.75 Å². The van der Waals surface area contributed by atoms with Crippen LogP contribution < -0.4 is 0 Å². The molecule has 0 aromatic rings. The van der Waals surface area contributed by atoms with Gasteiger partial charge in [-0.25, -0.2) is 8.59 Å². The van der Waals surface area contributed by atoms with Gasteiger partial charge < -0.3 is 0 Å². The first-order valence-electron chi connectivity index (χ1n) is 2.10. The molecule has 0 aromatic heterocycles. The minimum absolute atomic E-state index is 0.813. The van der Waals surface area contributed by atoms with Crippen molar-refractivity contribution in [1.29, 1.82) is 0 Å². The summed E-state index contributed by atoms with van der Waals surface area (Å²) in [5, 5.41) is 0. The van der Waals surface area contributed by atoms with E-state index in [0.717, 1.165) is 0 Å². The van der Waals surface area contributed by atoms with E-state index in [1.54, 1.807) is 0 Å². The zero-order valence-corrected chi connectivity index (χ0v) is 6.27. The molecule has 0 saturated carbocycles. The van der Waals surface area contributed by atoms with Crippen molar-refractivity contribution < 1.29 is 0 Å². The summed E-state index contributed by atoms with van der Waals surface area (Å²) < 4.78 is 0. The van der Waals surface area contributed by atoms with Crippen molar-refractivity contribution in [3.8, 4) is 0 Å². The largest absolute Gasteiger partial charge is 0.211 e. The zero-order chi connectivity index (χ0) is 5.21. The molecule has 0 aliphatic heterocycles. The molecule has 6 heavy (non-hydrogen) atoms. The number of rotatable bonds is 1. The van der Waals surface area contributed by atoms with Gasteiger partial charge in [0, 0.05) is 0 Å². The van der Waals surface area contributed by atoms with E-state index in [0.29, 0.717) is 0 Å². The van der Waals surface area contributed by atoms with Gasteiger partial charge in [0.25, 0.3) is 0 Å². The van der Waals surface area contributed by atoms with Crippen LogP contribution in [0.4, 0.5) is 0 Å². The first-order chi connectivity index (χ1) is 2.56. The summed E-state index contributed by atoms with van der Waals surface area (Å²) in [6, 6.07) is 0. The van der Waals surface area contributed by atoms with E-state index in [9.17, 15) is 0 Å². The smallest absolute Gasteiger partial charge is 0.0233 e. The maximum atomic E-state index is 5.10. The zero-order valence-electron chi connectivity index (χ0n) is 4.56. The minimum atomic E-state index is -0.813. The molecule has 0 spiro atoms. The van der Waals surface area contributed by atoms with Crippen molar-refractivity contribution in [3.05, 3.63) is 0 Å². The molecule has 0 atom stereocenters. The molecule has 0 heterocycles. The molecule has 0 radical (unpaired) electrons. The lowest BCUT2D eigenvalue weighted by Crippen LogP contribution is -2.05. The molecule has 0 fully saturated rings. The maximum absolute atomic E-state index is 5.10. The van der Waals surface area contributed by atoms with Crippen LogP contribution in [0.3, 0.4) is 0 Å². The highest BCUT2D eigenvalue weighted by atomic mass is 32.8. The summed E-state index contributed by atoms with van der Waals surface area (Å²) in [7, 11) is -0.813. The summed E-state index contributed by atoms with van der Waals surface area (Å²) >= 11 is 5.10. The highest BCUT2D eigenvalue weighted by Crippen LogP contribution is 1.89. The lowest BCUT2D eigenvalue weighted by molar-refractivity contribution is 1.51. The van der Waals surface area contributed by atoms with E-state index in [4.69, 9.17) is 11.2 Å². The Hall–Kier alpha value is 0.570. The molecule has 0 unspecified atom stereocenters. The van der Waals surface area contributed by atoms with E-state index < -0.39 is 8.59 Å². The first-order valence-corrected chi connectivity index (χ1v) is 5.98. The van der Waals surface area contributed by atoms with Crippen molar-refractivity contribution in [1.82, 2.24) is 0 Å². The lowest BCUT2D eigenvalue weighted by Gasteiger charge is -2.08. The van der Waals surface area contributed by atoms with Gasteiger partial charge in [-0.1, -0.05) is 18.1 Å². The van der Waals surface area contributed by atoms with Crippen LogP contribution in [0.25, 0.3) is 0 Å². The predicted molar refractivity (Wildman–Crippen MR) is 38.5 cm³/mol. The van der Waals surface area contributed by atoms with Gasteiger partial charge in [-0.05, 0) is 18.3 Å². The minimum Gasteiger partial charge on any atom is -0.211 e. The van der Waals surface area contributed by atoms with Gasteiger partial charge in [0.1, 0.15) is 0 Å². The van der Waals surface area contributed by atoms with Crippen LogP contribution in [0.15, 0.2) is 0 Å². The quantitative estimate of drug-likeness (QED) is 0.500. The highest BCUT2D eigenvalue weighted by molar-refractivity contribution is 8.39. The molecular weight excluding hydrogens is 112 g/mol. The van der Waals surface area contributed by atoms with E-state index in [1.807, 2.05) is 0 Å². The Morgan fingerprint density at radius 1 is 1.50 bits per heavy atom. The molecule has 0 bridgehead atoms. The van der Waals surface area contributed by atoms with Crippen LogP contribution in [0.2, 0.25) is 0 Å². The predicted octanol–water partition coefficient (Wildman–Crippen LogP) is 0.614. The highest BCUT2D eigenvalue weighted by Gasteiger charge is 1.85.